The highest BCUT2D eigenvalue weighted by Crippen LogP contribution is 2.37. The number of ether oxygens (including phenoxy) is 2. The molecule has 35 heavy (non-hydrogen) atoms. The van der Waals surface area contributed by atoms with Crippen LogP contribution in [0, 0.1) is 0 Å². The van der Waals surface area contributed by atoms with Crippen molar-refractivity contribution < 1.29 is 14.3 Å². The van der Waals surface area contributed by atoms with Gasteiger partial charge in [-0.2, -0.15) is 0 Å². The topological polar surface area (TPSA) is 76.9 Å². The minimum atomic E-state index is -0.385. The maximum atomic E-state index is 12.4. The SMILES string of the molecule is CCOC(=O)c1ccc(-c2nc3sccn3c2-c2cccc(N[C@@H]3CCCNC3)c2)cc1OCC. The van der Waals surface area contributed by atoms with E-state index >= 15 is 0 Å². The molecule has 0 unspecified atom stereocenters. The summed E-state index contributed by atoms with van der Waals surface area (Å²) in [5.74, 6) is 0.121. The molecule has 2 N–H and O–H groups in total. The standard InChI is InChI=1S/C27H30N4O3S/c1-3-33-23-16-18(10-11-22(23)26(32)34-4-2)24-25(31-13-14-35-27(31)30-24)19-7-5-8-20(15-19)29-21-9-6-12-28-17-21/h5,7-8,10-11,13-16,21,28-29H,3-4,6,9,12,17H2,1-2H3/t21-/m1/s1. The van der Waals surface area contributed by atoms with Crippen LogP contribution in [0.5, 0.6) is 5.75 Å². The molecule has 0 spiro atoms. The molecular weight excluding hydrogens is 460 g/mol. The van der Waals surface area contributed by atoms with Gasteiger partial charge in [-0.25, -0.2) is 9.78 Å². The quantitative estimate of drug-likeness (QED) is 0.319. The van der Waals surface area contributed by atoms with Crippen molar-refractivity contribution in [3.05, 3.63) is 59.6 Å². The third-order valence-corrected chi connectivity index (χ3v) is 6.87. The smallest absolute Gasteiger partial charge is 0.341 e. The Kier molecular flexibility index (Phi) is 7.01. The van der Waals surface area contributed by atoms with Crippen molar-refractivity contribution in [1.29, 1.82) is 0 Å². The van der Waals surface area contributed by atoms with E-state index in [0.29, 0.717) is 30.6 Å². The van der Waals surface area contributed by atoms with E-state index in [1.165, 1.54) is 6.42 Å². The molecule has 2 aromatic heterocycles. The first kappa shape index (κ1) is 23.4. The van der Waals surface area contributed by atoms with Gasteiger partial charge in [0.15, 0.2) is 4.96 Å². The number of rotatable bonds is 8. The lowest BCUT2D eigenvalue weighted by atomic mass is 10.0. The summed E-state index contributed by atoms with van der Waals surface area (Å²) in [5.41, 5.74) is 5.35. The molecular formula is C27H30N4O3S. The molecule has 4 aromatic rings. The lowest BCUT2D eigenvalue weighted by Crippen LogP contribution is -2.38. The highest BCUT2D eigenvalue weighted by molar-refractivity contribution is 7.15. The molecule has 0 aliphatic carbocycles. The Morgan fingerprint density at radius 3 is 2.91 bits per heavy atom. The summed E-state index contributed by atoms with van der Waals surface area (Å²) >= 11 is 1.60. The molecule has 182 valence electrons. The van der Waals surface area contributed by atoms with Crippen LogP contribution in [-0.4, -0.2) is 47.7 Å². The lowest BCUT2D eigenvalue weighted by molar-refractivity contribution is 0.0522. The van der Waals surface area contributed by atoms with E-state index in [1.54, 1.807) is 24.3 Å². The third kappa shape index (κ3) is 4.90. The van der Waals surface area contributed by atoms with Crippen LogP contribution in [0.2, 0.25) is 0 Å². The van der Waals surface area contributed by atoms with Crippen LogP contribution in [0.3, 0.4) is 0 Å². The number of anilines is 1. The second kappa shape index (κ2) is 10.5. The predicted octanol–water partition coefficient (Wildman–Crippen LogP) is 5.47. The minimum Gasteiger partial charge on any atom is -0.493 e. The number of esters is 1. The Hall–Kier alpha value is -3.36. The lowest BCUT2D eigenvalue weighted by Gasteiger charge is -2.25. The summed E-state index contributed by atoms with van der Waals surface area (Å²) in [6, 6.07) is 14.5. The number of carbonyl (C=O) groups excluding carboxylic acids is 1. The first-order valence-electron chi connectivity index (χ1n) is 12.2. The summed E-state index contributed by atoms with van der Waals surface area (Å²) in [5, 5.41) is 9.19. The number of piperidine rings is 1. The number of nitrogens with zero attached hydrogens (tertiary/aromatic N) is 2. The van der Waals surface area contributed by atoms with Crippen molar-refractivity contribution in [2.45, 2.75) is 32.7 Å². The Balaban J connectivity index is 1.56. The van der Waals surface area contributed by atoms with E-state index in [-0.39, 0.29) is 5.97 Å². The number of benzene rings is 2. The number of thiazole rings is 1. The Labute approximate surface area is 209 Å². The number of fused-ring (bicyclic) bond motifs is 1. The average molecular weight is 491 g/mol. The van der Waals surface area contributed by atoms with Gasteiger partial charge in [-0.05, 0) is 57.5 Å². The largest absolute Gasteiger partial charge is 0.493 e. The fourth-order valence-corrected chi connectivity index (χ4v) is 5.27. The Morgan fingerprint density at radius 1 is 1.20 bits per heavy atom. The summed E-state index contributed by atoms with van der Waals surface area (Å²) in [6.45, 7) is 6.53. The molecule has 0 saturated carbocycles. The van der Waals surface area contributed by atoms with E-state index < -0.39 is 0 Å². The molecule has 3 heterocycles. The van der Waals surface area contributed by atoms with Crippen LogP contribution < -0.4 is 15.4 Å². The van der Waals surface area contributed by atoms with Crippen molar-refractivity contribution in [2.24, 2.45) is 0 Å². The highest BCUT2D eigenvalue weighted by atomic mass is 32.1. The second-order valence-corrected chi connectivity index (χ2v) is 9.37. The maximum Gasteiger partial charge on any atom is 0.341 e. The average Bonchev–Trinajstić information content (AvgIpc) is 3.47. The van der Waals surface area contributed by atoms with Gasteiger partial charge in [0.2, 0.25) is 0 Å². The number of hydrogen-bond donors (Lipinski definition) is 2. The van der Waals surface area contributed by atoms with Crippen LogP contribution in [0.4, 0.5) is 5.69 Å². The van der Waals surface area contributed by atoms with E-state index in [2.05, 4.69) is 39.3 Å². The molecule has 2 aromatic carbocycles. The van der Waals surface area contributed by atoms with Gasteiger partial charge in [-0.1, -0.05) is 18.2 Å². The molecule has 8 heteroatoms. The van der Waals surface area contributed by atoms with E-state index in [4.69, 9.17) is 14.5 Å². The normalized spacial score (nSPS) is 15.8. The highest BCUT2D eigenvalue weighted by Gasteiger charge is 2.21. The van der Waals surface area contributed by atoms with Crippen molar-refractivity contribution in [2.75, 3.05) is 31.6 Å². The summed E-state index contributed by atoms with van der Waals surface area (Å²) in [6.07, 6.45) is 4.40. The number of aromatic nitrogens is 2. The van der Waals surface area contributed by atoms with Crippen molar-refractivity contribution >= 4 is 28.0 Å². The van der Waals surface area contributed by atoms with Gasteiger partial charge >= 0.3 is 5.97 Å². The minimum absolute atomic E-state index is 0.314. The van der Waals surface area contributed by atoms with Crippen LogP contribution in [-0.2, 0) is 4.74 Å². The predicted molar refractivity (Wildman–Crippen MR) is 141 cm³/mol. The maximum absolute atomic E-state index is 12.4. The van der Waals surface area contributed by atoms with Crippen molar-refractivity contribution in [3.8, 4) is 28.3 Å². The number of hydrogen-bond acceptors (Lipinski definition) is 7. The van der Waals surface area contributed by atoms with Gasteiger partial charge < -0.3 is 20.1 Å². The molecule has 0 radical (unpaired) electrons. The van der Waals surface area contributed by atoms with Gasteiger partial charge in [0.25, 0.3) is 0 Å². The first-order valence-corrected chi connectivity index (χ1v) is 13.0. The first-order chi connectivity index (χ1) is 17.2. The molecule has 1 aliphatic rings. The zero-order valence-electron chi connectivity index (χ0n) is 20.0. The Morgan fingerprint density at radius 2 is 2.11 bits per heavy atom. The molecule has 1 atom stereocenters. The molecule has 0 amide bonds. The molecule has 1 fully saturated rings. The summed E-state index contributed by atoms with van der Waals surface area (Å²) in [7, 11) is 0. The molecule has 5 rings (SSSR count). The monoisotopic (exact) mass is 490 g/mol. The van der Waals surface area contributed by atoms with Crippen LogP contribution in [0.15, 0.2) is 54.0 Å². The Bertz CT molecular complexity index is 1320. The second-order valence-electron chi connectivity index (χ2n) is 8.50. The van der Waals surface area contributed by atoms with Gasteiger partial charge in [-0.15, -0.1) is 11.3 Å². The number of imidazole rings is 1. The fraction of sp³-hybridized carbons (Fsp3) is 0.333. The van der Waals surface area contributed by atoms with Crippen LogP contribution in [0.25, 0.3) is 27.5 Å². The third-order valence-electron chi connectivity index (χ3n) is 6.12. The molecule has 0 bridgehead atoms. The van der Waals surface area contributed by atoms with Gasteiger partial charge in [-0.3, -0.25) is 4.40 Å². The van der Waals surface area contributed by atoms with E-state index in [1.807, 2.05) is 30.6 Å². The number of carbonyl (C=O) groups is 1. The van der Waals surface area contributed by atoms with Crippen LogP contribution in [0.1, 0.15) is 37.0 Å². The number of nitrogens with one attached hydrogen (secondary N) is 2. The summed E-state index contributed by atoms with van der Waals surface area (Å²) in [4.78, 5) is 18.3. The molecule has 1 aliphatic heterocycles. The zero-order valence-corrected chi connectivity index (χ0v) is 20.9. The summed E-state index contributed by atoms with van der Waals surface area (Å²) < 4.78 is 13.2. The van der Waals surface area contributed by atoms with E-state index in [9.17, 15) is 4.79 Å². The van der Waals surface area contributed by atoms with E-state index in [0.717, 1.165) is 52.7 Å². The van der Waals surface area contributed by atoms with Crippen molar-refractivity contribution in [1.82, 2.24) is 14.7 Å². The van der Waals surface area contributed by atoms with Crippen LogP contribution >= 0.6 is 11.3 Å². The molecule has 7 nitrogen and oxygen atoms in total. The van der Waals surface area contributed by atoms with Gasteiger partial charge in [0.1, 0.15) is 11.3 Å². The van der Waals surface area contributed by atoms with Crippen molar-refractivity contribution in [3.63, 3.8) is 0 Å². The van der Waals surface area contributed by atoms with Gasteiger partial charge in [0, 0.05) is 41.0 Å². The zero-order chi connectivity index (χ0) is 24.2. The van der Waals surface area contributed by atoms with Gasteiger partial charge in [0.05, 0.1) is 24.6 Å². The molecule has 1 saturated heterocycles. The fourth-order valence-electron chi connectivity index (χ4n) is 4.55.